The fraction of sp³-hybridized carbons (Fsp3) is 0.526. The highest BCUT2D eigenvalue weighted by atomic mass is 16.6. The van der Waals surface area contributed by atoms with E-state index < -0.39 is 23.8 Å². The Morgan fingerprint density at radius 1 is 1.12 bits per heavy atom. The number of benzene rings is 1. The van der Waals surface area contributed by atoms with Crippen LogP contribution in [-0.2, 0) is 14.3 Å². The molecule has 1 amide bonds. The van der Waals surface area contributed by atoms with Crippen molar-refractivity contribution in [2.45, 2.75) is 52.2 Å². The molecule has 0 aliphatic rings. The number of rotatable bonds is 8. The number of Topliss-reactive ketones (excluding diaryl/α,β-unsaturated/α-hetero) is 1. The molecule has 7 nitrogen and oxygen atoms in total. The van der Waals surface area contributed by atoms with Crippen LogP contribution in [0.5, 0.6) is 5.75 Å². The van der Waals surface area contributed by atoms with Crippen molar-refractivity contribution in [3.63, 3.8) is 0 Å². The maximum atomic E-state index is 12.2. The molecule has 1 atom stereocenters. The second-order valence-corrected chi connectivity index (χ2v) is 6.76. The molecule has 0 spiro atoms. The topological polar surface area (TPSA) is 90.9 Å². The van der Waals surface area contributed by atoms with E-state index in [0.29, 0.717) is 17.7 Å². The highest BCUT2D eigenvalue weighted by Gasteiger charge is 2.20. The molecule has 0 fully saturated rings. The van der Waals surface area contributed by atoms with E-state index in [1.54, 1.807) is 52.1 Å². The molecular weight excluding hydrogens is 338 g/mol. The number of methoxy groups -OCH3 is 1. The van der Waals surface area contributed by atoms with Gasteiger partial charge in [0.15, 0.2) is 6.10 Å². The molecule has 1 aromatic rings. The van der Waals surface area contributed by atoms with Crippen LogP contribution < -0.4 is 10.1 Å². The second kappa shape index (κ2) is 9.79. The van der Waals surface area contributed by atoms with Gasteiger partial charge in [-0.2, -0.15) is 0 Å². The van der Waals surface area contributed by atoms with Crippen LogP contribution in [0, 0.1) is 0 Å². The number of hydrogen-bond acceptors (Lipinski definition) is 6. The van der Waals surface area contributed by atoms with E-state index in [0.717, 1.165) is 0 Å². The van der Waals surface area contributed by atoms with Gasteiger partial charge in [-0.3, -0.25) is 9.59 Å². The Kier molecular flexibility index (Phi) is 8.09. The number of esters is 1. The van der Waals surface area contributed by atoms with Crippen LogP contribution in [0.3, 0.4) is 0 Å². The summed E-state index contributed by atoms with van der Waals surface area (Å²) in [5.74, 6) is -0.137. The molecule has 0 bridgehead atoms. The summed E-state index contributed by atoms with van der Waals surface area (Å²) in [5.41, 5.74) is -0.127. The molecule has 1 aromatic carbocycles. The number of ketones is 1. The molecule has 0 aliphatic heterocycles. The van der Waals surface area contributed by atoms with Crippen molar-refractivity contribution in [1.82, 2.24) is 5.32 Å². The molecule has 0 radical (unpaired) electrons. The first-order chi connectivity index (χ1) is 12.1. The summed E-state index contributed by atoms with van der Waals surface area (Å²) in [6.07, 6.45) is -0.930. The van der Waals surface area contributed by atoms with Gasteiger partial charge < -0.3 is 19.5 Å². The van der Waals surface area contributed by atoms with Gasteiger partial charge in [0.05, 0.1) is 7.11 Å². The second-order valence-electron chi connectivity index (χ2n) is 6.76. The largest absolute Gasteiger partial charge is 0.497 e. The van der Waals surface area contributed by atoms with Gasteiger partial charge in [-0.15, -0.1) is 0 Å². The average Bonchev–Trinajstić information content (AvgIpc) is 2.56. The minimum atomic E-state index is -0.880. The lowest BCUT2D eigenvalue weighted by Gasteiger charge is -2.19. The van der Waals surface area contributed by atoms with Gasteiger partial charge in [0.25, 0.3) is 0 Å². The molecular formula is C19H27NO6. The van der Waals surface area contributed by atoms with Crippen LogP contribution in [0.2, 0.25) is 0 Å². The first-order valence-electron chi connectivity index (χ1n) is 8.47. The van der Waals surface area contributed by atoms with E-state index in [2.05, 4.69) is 5.32 Å². The normalized spacial score (nSPS) is 12.0. The lowest BCUT2D eigenvalue weighted by Crippen LogP contribution is -2.33. The summed E-state index contributed by atoms with van der Waals surface area (Å²) in [6, 6.07) is 6.58. The third-order valence-corrected chi connectivity index (χ3v) is 3.28. The molecule has 0 heterocycles. The molecule has 0 saturated carbocycles. The Balaban J connectivity index is 2.33. The SMILES string of the molecule is COc1ccc(C(=O)[C@H](C)OC(=O)CCCNC(=O)OC(C)(C)C)cc1. The summed E-state index contributed by atoms with van der Waals surface area (Å²) in [7, 11) is 1.54. The fourth-order valence-corrected chi connectivity index (χ4v) is 2.04. The van der Waals surface area contributed by atoms with E-state index in [4.69, 9.17) is 14.2 Å². The van der Waals surface area contributed by atoms with Crippen LogP contribution in [-0.4, -0.2) is 43.2 Å². The van der Waals surface area contributed by atoms with Crippen molar-refractivity contribution < 1.29 is 28.6 Å². The number of carbonyl (C=O) groups excluding carboxylic acids is 3. The van der Waals surface area contributed by atoms with E-state index in [1.807, 2.05) is 0 Å². The predicted octanol–water partition coefficient (Wildman–Crippen LogP) is 3.11. The highest BCUT2D eigenvalue weighted by Crippen LogP contribution is 2.14. The summed E-state index contributed by atoms with van der Waals surface area (Å²) < 4.78 is 15.3. The van der Waals surface area contributed by atoms with E-state index in [9.17, 15) is 14.4 Å². The van der Waals surface area contributed by atoms with Gasteiger partial charge >= 0.3 is 12.1 Å². The van der Waals surface area contributed by atoms with Crippen LogP contribution in [0.25, 0.3) is 0 Å². The highest BCUT2D eigenvalue weighted by molar-refractivity contribution is 6.00. The van der Waals surface area contributed by atoms with Crippen LogP contribution >= 0.6 is 0 Å². The smallest absolute Gasteiger partial charge is 0.407 e. The monoisotopic (exact) mass is 365 g/mol. The Morgan fingerprint density at radius 2 is 1.73 bits per heavy atom. The number of amides is 1. The average molecular weight is 365 g/mol. The van der Waals surface area contributed by atoms with Crippen molar-refractivity contribution in [3.05, 3.63) is 29.8 Å². The lowest BCUT2D eigenvalue weighted by molar-refractivity contribution is -0.146. The van der Waals surface area contributed by atoms with Crippen molar-refractivity contribution >= 4 is 17.8 Å². The third kappa shape index (κ3) is 8.00. The third-order valence-electron chi connectivity index (χ3n) is 3.28. The Bertz CT molecular complexity index is 618. The Labute approximate surface area is 154 Å². The van der Waals surface area contributed by atoms with Crippen LogP contribution in [0.1, 0.15) is 50.9 Å². The summed E-state index contributed by atoms with van der Waals surface area (Å²) >= 11 is 0. The summed E-state index contributed by atoms with van der Waals surface area (Å²) in [4.78, 5) is 35.5. The Morgan fingerprint density at radius 3 is 2.27 bits per heavy atom. The molecule has 26 heavy (non-hydrogen) atoms. The number of carbonyl (C=O) groups is 3. The molecule has 0 saturated heterocycles. The number of alkyl carbamates (subject to hydrolysis) is 1. The first-order valence-corrected chi connectivity index (χ1v) is 8.47. The van der Waals surface area contributed by atoms with Crippen LogP contribution in [0.4, 0.5) is 4.79 Å². The molecule has 0 aliphatic carbocycles. The molecule has 7 heteroatoms. The van der Waals surface area contributed by atoms with Gasteiger partial charge in [-0.05, 0) is 58.4 Å². The first kappa shape index (κ1) is 21.5. The maximum absolute atomic E-state index is 12.2. The molecule has 144 valence electrons. The van der Waals surface area contributed by atoms with E-state index in [-0.39, 0.29) is 18.7 Å². The number of nitrogens with one attached hydrogen (secondary N) is 1. The zero-order valence-electron chi connectivity index (χ0n) is 16.0. The zero-order chi connectivity index (χ0) is 19.7. The Hall–Kier alpha value is -2.57. The minimum Gasteiger partial charge on any atom is -0.497 e. The van der Waals surface area contributed by atoms with Gasteiger partial charge in [0, 0.05) is 18.5 Å². The molecule has 1 N–H and O–H groups in total. The standard InChI is InChI=1S/C19H27NO6/c1-13(17(22)14-8-10-15(24-5)11-9-14)25-16(21)7-6-12-20-18(23)26-19(2,3)4/h8-11,13H,6-7,12H2,1-5H3,(H,20,23)/t13-/m0/s1. The predicted molar refractivity (Wildman–Crippen MR) is 96.3 cm³/mol. The van der Waals surface area contributed by atoms with Crippen molar-refractivity contribution in [3.8, 4) is 5.75 Å². The number of hydrogen-bond donors (Lipinski definition) is 1. The summed E-state index contributed by atoms with van der Waals surface area (Å²) in [5, 5.41) is 2.56. The van der Waals surface area contributed by atoms with Gasteiger partial charge in [-0.1, -0.05) is 0 Å². The quantitative estimate of drug-likeness (QED) is 0.432. The van der Waals surface area contributed by atoms with Crippen molar-refractivity contribution in [2.24, 2.45) is 0 Å². The van der Waals surface area contributed by atoms with Crippen molar-refractivity contribution in [1.29, 1.82) is 0 Å². The maximum Gasteiger partial charge on any atom is 0.407 e. The van der Waals surface area contributed by atoms with E-state index >= 15 is 0 Å². The van der Waals surface area contributed by atoms with Crippen molar-refractivity contribution in [2.75, 3.05) is 13.7 Å². The summed E-state index contributed by atoms with van der Waals surface area (Å²) in [6.45, 7) is 7.12. The molecule has 0 unspecified atom stereocenters. The van der Waals surface area contributed by atoms with Gasteiger partial charge in [0.1, 0.15) is 11.4 Å². The molecule has 1 rings (SSSR count). The van der Waals surface area contributed by atoms with E-state index in [1.165, 1.54) is 6.92 Å². The van der Waals surface area contributed by atoms with Gasteiger partial charge in [-0.25, -0.2) is 4.79 Å². The number of ether oxygens (including phenoxy) is 3. The molecule has 0 aromatic heterocycles. The fourth-order valence-electron chi connectivity index (χ4n) is 2.04. The minimum absolute atomic E-state index is 0.0933. The van der Waals surface area contributed by atoms with Gasteiger partial charge in [0.2, 0.25) is 5.78 Å². The zero-order valence-corrected chi connectivity index (χ0v) is 16.0. The van der Waals surface area contributed by atoms with Crippen LogP contribution in [0.15, 0.2) is 24.3 Å². The lowest BCUT2D eigenvalue weighted by atomic mass is 10.1.